The average Bonchev–Trinajstić information content (AvgIpc) is 2.35. The molecule has 0 fully saturated rings. The summed E-state index contributed by atoms with van der Waals surface area (Å²) >= 11 is 17.4. The van der Waals surface area contributed by atoms with E-state index in [0.29, 0.717) is 16.1 Å². The molecule has 1 atom stereocenters. The van der Waals surface area contributed by atoms with Crippen molar-refractivity contribution >= 4 is 34.8 Å². The molecule has 0 amide bonds. The minimum Gasteiger partial charge on any atom is -0.384 e. The topological polar surface area (TPSA) is 20.2 Å². The molecule has 18 heavy (non-hydrogen) atoms. The maximum absolute atomic E-state index is 13.3. The number of aliphatic hydroxyl groups is 1. The third kappa shape index (κ3) is 2.62. The number of benzene rings is 2. The van der Waals surface area contributed by atoms with E-state index in [0.717, 1.165) is 0 Å². The molecule has 0 radical (unpaired) electrons. The van der Waals surface area contributed by atoms with Crippen molar-refractivity contribution in [2.24, 2.45) is 0 Å². The first-order chi connectivity index (χ1) is 8.50. The van der Waals surface area contributed by atoms with Crippen molar-refractivity contribution in [3.8, 4) is 0 Å². The van der Waals surface area contributed by atoms with Gasteiger partial charge in [0.15, 0.2) is 0 Å². The third-order valence-corrected chi connectivity index (χ3v) is 3.68. The lowest BCUT2D eigenvalue weighted by Gasteiger charge is -2.14. The Kier molecular flexibility index (Phi) is 4.13. The lowest BCUT2D eigenvalue weighted by molar-refractivity contribution is 0.220. The van der Waals surface area contributed by atoms with Crippen LogP contribution in [0.5, 0.6) is 0 Å². The van der Waals surface area contributed by atoms with Gasteiger partial charge in [0.25, 0.3) is 0 Å². The predicted octanol–water partition coefficient (Wildman–Crippen LogP) is 4.87. The van der Waals surface area contributed by atoms with Gasteiger partial charge in [-0.25, -0.2) is 4.39 Å². The summed E-state index contributed by atoms with van der Waals surface area (Å²) in [5, 5.41) is 10.8. The van der Waals surface area contributed by atoms with Crippen LogP contribution in [0.4, 0.5) is 4.39 Å². The molecule has 0 aliphatic heterocycles. The largest absolute Gasteiger partial charge is 0.384 e. The highest BCUT2D eigenvalue weighted by molar-refractivity contribution is 6.42. The van der Waals surface area contributed by atoms with Crippen molar-refractivity contribution in [2.75, 3.05) is 0 Å². The zero-order chi connectivity index (χ0) is 13.3. The lowest BCUT2D eigenvalue weighted by Crippen LogP contribution is -2.01. The molecule has 0 heterocycles. The SMILES string of the molecule is OC(c1ccc(Cl)c(F)c1)c1cccc(Cl)c1Cl. The van der Waals surface area contributed by atoms with Crippen LogP contribution in [0.15, 0.2) is 36.4 Å². The van der Waals surface area contributed by atoms with E-state index in [1.807, 2.05) is 0 Å². The second-order valence-corrected chi connectivity index (χ2v) is 4.91. The second-order valence-electron chi connectivity index (χ2n) is 3.72. The van der Waals surface area contributed by atoms with E-state index in [9.17, 15) is 9.50 Å². The van der Waals surface area contributed by atoms with E-state index >= 15 is 0 Å². The average molecular weight is 306 g/mol. The van der Waals surface area contributed by atoms with Gasteiger partial charge >= 0.3 is 0 Å². The standard InChI is InChI=1S/C13H8Cl3FO/c14-9-5-4-7(6-11(9)17)13(18)8-2-1-3-10(15)12(8)16/h1-6,13,18H. The van der Waals surface area contributed by atoms with Crippen molar-refractivity contribution in [2.45, 2.75) is 6.10 Å². The Labute approximate surface area is 119 Å². The van der Waals surface area contributed by atoms with E-state index in [4.69, 9.17) is 34.8 Å². The van der Waals surface area contributed by atoms with Crippen LogP contribution in [0.1, 0.15) is 17.2 Å². The van der Waals surface area contributed by atoms with Gasteiger partial charge in [-0.15, -0.1) is 0 Å². The van der Waals surface area contributed by atoms with E-state index in [1.165, 1.54) is 18.2 Å². The summed E-state index contributed by atoms with van der Waals surface area (Å²) in [7, 11) is 0. The predicted molar refractivity (Wildman–Crippen MR) is 71.9 cm³/mol. The quantitative estimate of drug-likeness (QED) is 0.839. The Morgan fingerprint density at radius 3 is 2.39 bits per heavy atom. The first-order valence-corrected chi connectivity index (χ1v) is 6.21. The molecule has 0 saturated heterocycles. The second kappa shape index (κ2) is 5.45. The lowest BCUT2D eigenvalue weighted by atomic mass is 10.0. The van der Waals surface area contributed by atoms with Crippen molar-refractivity contribution in [1.82, 2.24) is 0 Å². The number of hydrogen-bond donors (Lipinski definition) is 1. The van der Waals surface area contributed by atoms with Crippen LogP contribution in [-0.2, 0) is 0 Å². The first-order valence-electron chi connectivity index (χ1n) is 5.07. The normalized spacial score (nSPS) is 12.5. The fraction of sp³-hybridized carbons (Fsp3) is 0.0769. The molecular weight excluding hydrogens is 297 g/mol. The Balaban J connectivity index is 2.44. The van der Waals surface area contributed by atoms with E-state index < -0.39 is 11.9 Å². The van der Waals surface area contributed by atoms with Gasteiger partial charge in [0.1, 0.15) is 11.9 Å². The third-order valence-electron chi connectivity index (χ3n) is 2.54. The molecule has 0 aromatic heterocycles. The molecule has 2 aromatic rings. The Morgan fingerprint density at radius 2 is 1.72 bits per heavy atom. The number of hydrogen-bond acceptors (Lipinski definition) is 1. The monoisotopic (exact) mass is 304 g/mol. The van der Waals surface area contributed by atoms with Crippen molar-refractivity contribution < 1.29 is 9.50 Å². The van der Waals surface area contributed by atoms with Crippen LogP contribution in [0, 0.1) is 5.82 Å². The number of rotatable bonds is 2. The molecule has 0 bridgehead atoms. The van der Waals surface area contributed by atoms with Crippen molar-refractivity contribution in [3.05, 3.63) is 68.4 Å². The van der Waals surface area contributed by atoms with Gasteiger partial charge in [0.05, 0.1) is 15.1 Å². The van der Waals surface area contributed by atoms with E-state index in [2.05, 4.69) is 0 Å². The van der Waals surface area contributed by atoms with Gasteiger partial charge in [-0.1, -0.05) is 53.0 Å². The Bertz CT molecular complexity index is 586. The Morgan fingerprint density at radius 1 is 1.00 bits per heavy atom. The summed E-state index contributed by atoms with van der Waals surface area (Å²) in [5.41, 5.74) is 0.784. The number of halogens is 4. The maximum Gasteiger partial charge on any atom is 0.142 e. The highest BCUT2D eigenvalue weighted by atomic mass is 35.5. The van der Waals surface area contributed by atoms with Crippen LogP contribution in [0.3, 0.4) is 0 Å². The molecule has 0 aliphatic carbocycles. The highest BCUT2D eigenvalue weighted by Gasteiger charge is 2.16. The van der Waals surface area contributed by atoms with Crippen LogP contribution in [-0.4, -0.2) is 5.11 Å². The molecule has 5 heteroatoms. The minimum atomic E-state index is -1.05. The highest BCUT2D eigenvalue weighted by Crippen LogP contribution is 2.33. The summed E-state index contributed by atoms with van der Waals surface area (Å²) in [6, 6.07) is 9.00. The number of aliphatic hydroxyl groups excluding tert-OH is 1. The molecule has 0 spiro atoms. The molecule has 0 aliphatic rings. The van der Waals surface area contributed by atoms with E-state index in [1.54, 1.807) is 18.2 Å². The van der Waals surface area contributed by atoms with Gasteiger partial charge in [-0.2, -0.15) is 0 Å². The first kappa shape index (κ1) is 13.6. The molecule has 0 saturated carbocycles. The fourth-order valence-corrected chi connectivity index (χ4v) is 2.12. The summed E-state index contributed by atoms with van der Waals surface area (Å²) in [5.74, 6) is -0.591. The van der Waals surface area contributed by atoms with Crippen molar-refractivity contribution in [3.63, 3.8) is 0 Å². The minimum absolute atomic E-state index is 0.00291. The van der Waals surface area contributed by atoms with Crippen LogP contribution in [0.2, 0.25) is 15.1 Å². The van der Waals surface area contributed by atoms with Gasteiger partial charge in [-0.05, 0) is 23.8 Å². The van der Waals surface area contributed by atoms with Gasteiger partial charge < -0.3 is 5.11 Å². The van der Waals surface area contributed by atoms with Crippen LogP contribution in [0.25, 0.3) is 0 Å². The molecule has 1 nitrogen and oxygen atoms in total. The van der Waals surface area contributed by atoms with Gasteiger partial charge in [0, 0.05) is 5.56 Å². The maximum atomic E-state index is 13.3. The molecule has 1 N–H and O–H groups in total. The van der Waals surface area contributed by atoms with Gasteiger partial charge in [-0.3, -0.25) is 0 Å². The van der Waals surface area contributed by atoms with Crippen LogP contribution < -0.4 is 0 Å². The van der Waals surface area contributed by atoms with Gasteiger partial charge in [0.2, 0.25) is 0 Å². The zero-order valence-electron chi connectivity index (χ0n) is 9.00. The summed E-state index contributed by atoms with van der Waals surface area (Å²) in [4.78, 5) is 0. The zero-order valence-corrected chi connectivity index (χ0v) is 11.3. The molecule has 94 valence electrons. The van der Waals surface area contributed by atoms with E-state index in [-0.39, 0.29) is 10.0 Å². The molecule has 2 aromatic carbocycles. The summed E-state index contributed by atoms with van der Waals surface area (Å²) < 4.78 is 13.3. The smallest absolute Gasteiger partial charge is 0.142 e. The molecular formula is C13H8Cl3FO. The molecule has 2 rings (SSSR count). The Hall–Kier alpha value is -0.800. The molecule has 1 unspecified atom stereocenters. The van der Waals surface area contributed by atoms with Crippen molar-refractivity contribution in [1.29, 1.82) is 0 Å². The fourth-order valence-electron chi connectivity index (χ4n) is 1.59. The summed E-state index contributed by atoms with van der Waals surface area (Å²) in [6.07, 6.45) is -1.05. The summed E-state index contributed by atoms with van der Waals surface area (Å²) in [6.45, 7) is 0. The van der Waals surface area contributed by atoms with Crippen LogP contribution >= 0.6 is 34.8 Å².